The number of benzene rings is 1. The van der Waals surface area contributed by atoms with Crippen LogP contribution in [-0.4, -0.2) is 6.04 Å². The second-order valence-electron chi connectivity index (χ2n) is 3.60. The quantitative estimate of drug-likeness (QED) is 0.891. The van der Waals surface area contributed by atoms with E-state index in [0.717, 1.165) is 6.07 Å². The van der Waals surface area contributed by atoms with E-state index in [1.54, 1.807) is 6.92 Å². The van der Waals surface area contributed by atoms with E-state index in [1.807, 2.05) is 6.07 Å². The average molecular weight is 263 g/mol. The highest BCUT2D eigenvalue weighted by molar-refractivity contribution is 6.30. The maximum atomic E-state index is 12.7. The molecular formula is C11H10ClF3N2. The number of alkyl halides is 3. The molecule has 1 atom stereocenters. The molecule has 92 valence electrons. The minimum atomic E-state index is -4.47. The molecule has 0 radical (unpaired) electrons. The lowest BCUT2D eigenvalue weighted by molar-refractivity contribution is -0.137. The summed E-state index contributed by atoms with van der Waals surface area (Å²) in [6.07, 6.45) is -4.35. The molecule has 0 fully saturated rings. The van der Waals surface area contributed by atoms with Crippen molar-refractivity contribution in [3.05, 3.63) is 28.8 Å². The second-order valence-corrected chi connectivity index (χ2v) is 4.03. The summed E-state index contributed by atoms with van der Waals surface area (Å²) in [4.78, 5) is 0. The first-order valence-corrected chi connectivity index (χ1v) is 5.22. The molecular weight excluding hydrogens is 253 g/mol. The summed E-state index contributed by atoms with van der Waals surface area (Å²) in [5.74, 6) is 0. The largest absolute Gasteiger partial charge is 0.418 e. The number of halogens is 4. The van der Waals surface area contributed by atoms with Gasteiger partial charge in [0.2, 0.25) is 0 Å². The van der Waals surface area contributed by atoms with Crippen molar-refractivity contribution in [3.63, 3.8) is 0 Å². The van der Waals surface area contributed by atoms with Crippen LogP contribution >= 0.6 is 11.6 Å². The Morgan fingerprint density at radius 2 is 2.12 bits per heavy atom. The monoisotopic (exact) mass is 262 g/mol. The molecule has 0 aliphatic heterocycles. The third-order valence-corrected chi connectivity index (χ3v) is 2.32. The van der Waals surface area contributed by atoms with Crippen LogP contribution in [-0.2, 0) is 6.18 Å². The van der Waals surface area contributed by atoms with Crippen LogP contribution in [0.1, 0.15) is 18.9 Å². The fourth-order valence-electron chi connectivity index (χ4n) is 1.33. The van der Waals surface area contributed by atoms with E-state index >= 15 is 0 Å². The van der Waals surface area contributed by atoms with Crippen LogP contribution in [0.25, 0.3) is 0 Å². The Balaban J connectivity index is 3.04. The Hall–Kier alpha value is -1.41. The van der Waals surface area contributed by atoms with Gasteiger partial charge in [-0.25, -0.2) is 0 Å². The van der Waals surface area contributed by atoms with Gasteiger partial charge in [-0.15, -0.1) is 0 Å². The van der Waals surface area contributed by atoms with Crippen LogP contribution in [0.3, 0.4) is 0 Å². The summed E-state index contributed by atoms with van der Waals surface area (Å²) in [7, 11) is 0. The van der Waals surface area contributed by atoms with Gasteiger partial charge in [0.15, 0.2) is 0 Å². The third kappa shape index (κ3) is 3.82. The fourth-order valence-corrected chi connectivity index (χ4v) is 1.50. The lowest BCUT2D eigenvalue weighted by Crippen LogP contribution is -2.18. The molecule has 0 bridgehead atoms. The van der Waals surface area contributed by atoms with Gasteiger partial charge >= 0.3 is 6.18 Å². The number of anilines is 1. The first-order chi connectivity index (χ1) is 7.84. The van der Waals surface area contributed by atoms with Gasteiger partial charge in [0.1, 0.15) is 0 Å². The molecule has 1 aromatic rings. The molecule has 6 heteroatoms. The zero-order chi connectivity index (χ0) is 13.1. The van der Waals surface area contributed by atoms with E-state index in [0.29, 0.717) is 0 Å². The molecule has 1 N–H and O–H groups in total. The summed E-state index contributed by atoms with van der Waals surface area (Å²) in [6.45, 7) is 1.64. The van der Waals surface area contributed by atoms with Crippen LogP contribution in [0, 0.1) is 11.3 Å². The number of rotatable bonds is 3. The Morgan fingerprint density at radius 3 is 2.65 bits per heavy atom. The van der Waals surface area contributed by atoms with Crippen LogP contribution in [0.5, 0.6) is 0 Å². The molecule has 0 spiro atoms. The van der Waals surface area contributed by atoms with E-state index in [1.165, 1.54) is 12.1 Å². The summed E-state index contributed by atoms with van der Waals surface area (Å²) in [5, 5.41) is 11.1. The molecule has 1 aromatic carbocycles. The van der Waals surface area contributed by atoms with Crippen molar-refractivity contribution in [2.75, 3.05) is 5.32 Å². The number of nitrogens with one attached hydrogen (secondary N) is 1. The molecule has 1 unspecified atom stereocenters. The van der Waals surface area contributed by atoms with Crippen molar-refractivity contribution in [1.29, 1.82) is 5.26 Å². The zero-order valence-electron chi connectivity index (χ0n) is 8.98. The second kappa shape index (κ2) is 5.28. The van der Waals surface area contributed by atoms with Gasteiger partial charge in [-0.3, -0.25) is 0 Å². The van der Waals surface area contributed by atoms with Crippen LogP contribution < -0.4 is 5.32 Å². The number of nitriles is 1. The van der Waals surface area contributed by atoms with E-state index in [9.17, 15) is 13.2 Å². The predicted molar refractivity (Wildman–Crippen MR) is 59.8 cm³/mol. The summed E-state index contributed by atoms with van der Waals surface area (Å²) in [6, 6.07) is 5.03. The van der Waals surface area contributed by atoms with Gasteiger partial charge in [0.05, 0.1) is 18.1 Å². The maximum Gasteiger partial charge on any atom is 0.418 e. The topological polar surface area (TPSA) is 35.8 Å². The van der Waals surface area contributed by atoms with Gasteiger partial charge in [0.25, 0.3) is 0 Å². The van der Waals surface area contributed by atoms with E-state index in [-0.39, 0.29) is 23.2 Å². The Labute approximate surface area is 102 Å². The predicted octanol–water partition coefficient (Wildman–Crippen LogP) is 4.07. The first-order valence-electron chi connectivity index (χ1n) is 4.85. The van der Waals surface area contributed by atoms with Crippen LogP contribution in [0.4, 0.5) is 18.9 Å². The highest BCUT2D eigenvalue weighted by Crippen LogP contribution is 2.36. The van der Waals surface area contributed by atoms with Gasteiger partial charge in [-0.2, -0.15) is 18.4 Å². The fraction of sp³-hybridized carbons (Fsp3) is 0.364. The van der Waals surface area contributed by atoms with Crippen molar-refractivity contribution in [3.8, 4) is 6.07 Å². The summed E-state index contributed by atoms with van der Waals surface area (Å²) < 4.78 is 38.1. The molecule has 0 saturated heterocycles. The SMILES string of the molecule is CC(CC#N)Nc1ccc(Cl)cc1C(F)(F)F. The summed E-state index contributed by atoms with van der Waals surface area (Å²) >= 11 is 5.54. The Morgan fingerprint density at radius 1 is 1.47 bits per heavy atom. The molecule has 0 heterocycles. The van der Waals surface area contributed by atoms with E-state index in [4.69, 9.17) is 16.9 Å². The molecule has 0 amide bonds. The average Bonchev–Trinajstić information content (AvgIpc) is 2.19. The molecule has 0 aromatic heterocycles. The smallest absolute Gasteiger partial charge is 0.381 e. The zero-order valence-corrected chi connectivity index (χ0v) is 9.73. The number of hydrogen-bond acceptors (Lipinski definition) is 2. The van der Waals surface area contributed by atoms with E-state index < -0.39 is 11.7 Å². The third-order valence-electron chi connectivity index (χ3n) is 2.09. The molecule has 0 aliphatic rings. The van der Waals surface area contributed by atoms with Crippen LogP contribution in [0.15, 0.2) is 18.2 Å². The Kier molecular flexibility index (Phi) is 4.24. The summed E-state index contributed by atoms with van der Waals surface area (Å²) in [5.41, 5.74) is -0.889. The van der Waals surface area contributed by atoms with Crippen LogP contribution in [0.2, 0.25) is 5.02 Å². The molecule has 17 heavy (non-hydrogen) atoms. The lowest BCUT2D eigenvalue weighted by atomic mass is 10.1. The Bertz CT molecular complexity index is 437. The minimum absolute atomic E-state index is 0.0239. The van der Waals surface area contributed by atoms with Gasteiger partial charge < -0.3 is 5.32 Å². The standard InChI is InChI=1S/C11H10ClF3N2/c1-7(4-5-16)17-10-3-2-8(12)6-9(10)11(13,14)15/h2-3,6-7,17H,4H2,1H3. The van der Waals surface area contributed by atoms with E-state index in [2.05, 4.69) is 5.32 Å². The molecule has 0 saturated carbocycles. The van der Waals surface area contributed by atoms with Crippen molar-refractivity contribution >= 4 is 17.3 Å². The minimum Gasteiger partial charge on any atom is -0.381 e. The lowest BCUT2D eigenvalue weighted by Gasteiger charge is -2.17. The molecule has 2 nitrogen and oxygen atoms in total. The van der Waals surface area contributed by atoms with Crippen molar-refractivity contribution in [2.45, 2.75) is 25.6 Å². The highest BCUT2D eigenvalue weighted by atomic mass is 35.5. The molecule has 1 rings (SSSR count). The first kappa shape index (κ1) is 13.7. The number of nitrogens with zero attached hydrogens (tertiary/aromatic N) is 1. The molecule has 0 aliphatic carbocycles. The maximum absolute atomic E-state index is 12.7. The van der Waals surface area contributed by atoms with Crippen molar-refractivity contribution in [2.24, 2.45) is 0 Å². The van der Waals surface area contributed by atoms with Gasteiger partial charge in [-0.05, 0) is 25.1 Å². The van der Waals surface area contributed by atoms with Gasteiger partial charge in [0, 0.05) is 16.8 Å². The van der Waals surface area contributed by atoms with Crippen molar-refractivity contribution < 1.29 is 13.2 Å². The normalized spacial score (nSPS) is 12.9. The van der Waals surface area contributed by atoms with Crippen molar-refractivity contribution in [1.82, 2.24) is 0 Å². The van der Waals surface area contributed by atoms with Gasteiger partial charge in [-0.1, -0.05) is 11.6 Å². The number of hydrogen-bond donors (Lipinski definition) is 1. The highest BCUT2D eigenvalue weighted by Gasteiger charge is 2.34.